The minimum Gasteiger partial charge on any atom is -0.453 e. The van der Waals surface area contributed by atoms with Crippen molar-refractivity contribution in [2.75, 3.05) is 5.32 Å². The predicted molar refractivity (Wildman–Crippen MR) is 109 cm³/mol. The Bertz CT molecular complexity index is 863. The Morgan fingerprint density at radius 3 is 2.31 bits per heavy atom. The smallest absolute Gasteiger partial charge is 0.307 e. The molecule has 154 valence electrons. The van der Waals surface area contributed by atoms with Crippen LogP contribution in [0.15, 0.2) is 48.5 Å². The van der Waals surface area contributed by atoms with Gasteiger partial charge in [-0.15, -0.1) is 0 Å². The molecule has 0 aromatic heterocycles. The normalized spacial score (nSPS) is 12.7. The lowest BCUT2D eigenvalue weighted by atomic mass is 9.97. The van der Waals surface area contributed by atoms with Gasteiger partial charge in [-0.3, -0.25) is 14.4 Å². The van der Waals surface area contributed by atoms with E-state index in [1.165, 1.54) is 31.2 Å². The van der Waals surface area contributed by atoms with Gasteiger partial charge in [0.1, 0.15) is 5.82 Å². The summed E-state index contributed by atoms with van der Waals surface area (Å²) in [5.41, 5.74) is 2.04. The fourth-order valence-corrected chi connectivity index (χ4v) is 2.80. The number of para-hydroxylation sites is 1. The van der Waals surface area contributed by atoms with Crippen molar-refractivity contribution < 1.29 is 23.5 Å². The molecule has 0 aliphatic heterocycles. The molecule has 0 aliphatic carbocycles. The Kier molecular flexibility index (Phi) is 8.07. The van der Waals surface area contributed by atoms with Gasteiger partial charge in [0.05, 0.1) is 6.42 Å². The van der Waals surface area contributed by atoms with Crippen LogP contribution in [0.5, 0.6) is 0 Å². The van der Waals surface area contributed by atoms with Gasteiger partial charge in [-0.1, -0.05) is 32.0 Å². The van der Waals surface area contributed by atoms with Crippen LogP contribution in [0.2, 0.25) is 0 Å². The minimum atomic E-state index is -0.992. The number of ketones is 1. The number of halogens is 1. The van der Waals surface area contributed by atoms with Gasteiger partial charge in [-0.05, 0) is 55.2 Å². The Labute approximate surface area is 170 Å². The Morgan fingerprint density at radius 2 is 1.66 bits per heavy atom. The number of amides is 1. The molecule has 1 amide bonds. The maximum atomic E-state index is 12.9. The molecule has 0 saturated carbocycles. The van der Waals surface area contributed by atoms with E-state index in [0.717, 1.165) is 12.0 Å². The highest BCUT2D eigenvalue weighted by Gasteiger charge is 2.20. The van der Waals surface area contributed by atoms with Crippen molar-refractivity contribution >= 4 is 23.3 Å². The maximum absolute atomic E-state index is 12.9. The molecule has 0 aliphatic rings. The number of esters is 1. The van der Waals surface area contributed by atoms with Gasteiger partial charge in [-0.2, -0.15) is 0 Å². The van der Waals surface area contributed by atoms with Gasteiger partial charge < -0.3 is 10.1 Å². The number of carbonyl (C=O) groups is 3. The van der Waals surface area contributed by atoms with E-state index in [0.29, 0.717) is 11.3 Å². The number of carbonyl (C=O) groups excluding carboxylic acids is 3. The highest BCUT2D eigenvalue weighted by atomic mass is 19.1. The van der Waals surface area contributed by atoms with Gasteiger partial charge in [0.15, 0.2) is 11.9 Å². The van der Waals surface area contributed by atoms with Gasteiger partial charge >= 0.3 is 5.97 Å². The molecule has 5 nitrogen and oxygen atoms in total. The van der Waals surface area contributed by atoms with Crippen molar-refractivity contribution in [2.24, 2.45) is 0 Å². The van der Waals surface area contributed by atoms with E-state index in [-0.39, 0.29) is 24.5 Å². The summed E-state index contributed by atoms with van der Waals surface area (Å²) in [5.74, 6) is -1.52. The second kappa shape index (κ2) is 10.5. The molecule has 29 heavy (non-hydrogen) atoms. The summed E-state index contributed by atoms with van der Waals surface area (Å²) in [6, 6.07) is 12.6. The second-order valence-electron chi connectivity index (χ2n) is 6.95. The number of anilines is 1. The summed E-state index contributed by atoms with van der Waals surface area (Å²) in [6.45, 7) is 5.63. The third kappa shape index (κ3) is 6.52. The van der Waals surface area contributed by atoms with E-state index in [1.807, 2.05) is 24.3 Å². The highest BCUT2D eigenvalue weighted by molar-refractivity contribution is 5.98. The first-order valence-corrected chi connectivity index (χ1v) is 9.69. The number of rotatable bonds is 9. The number of ether oxygens (including phenoxy) is 1. The quantitative estimate of drug-likeness (QED) is 0.482. The number of hydrogen-bond acceptors (Lipinski definition) is 4. The van der Waals surface area contributed by atoms with Crippen LogP contribution in [0.1, 0.15) is 61.9 Å². The molecule has 2 aromatic carbocycles. The highest BCUT2D eigenvalue weighted by Crippen LogP contribution is 2.26. The molecule has 0 bridgehead atoms. The van der Waals surface area contributed by atoms with Crippen molar-refractivity contribution in [1.29, 1.82) is 0 Å². The lowest BCUT2D eigenvalue weighted by molar-refractivity contribution is -0.153. The molecule has 0 heterocycles. The van der Waals surface area contributed by atoms with Gasteiger partial charge in [-0.25, -0.2) is 4.39 Å². The van der Waals surface area contributed by atoms with Crippen LogP contribution in [-0.4, -0.2) is 23.8 Å². The van der Waals surface area contributed by atoms with Crippen molar-refractivity contribution in [2.45, 2.75) is 52.1 Å². The van der Waals surface area contributed by atoms with E-state index in [2.05, 4.69) is 19.2 Å². The average molecular weight is 399 g/mol. The first-order valence-electron chi connectivity index (χ1n) is 9.69. The van der Waals surface area contributed by atoms with Crippen LogP contribution in [-0.2, 0) is 14.3 Å². The summed E-state index contributed by atoms with van der Waals surface area (Å²) in [6.07, 6.45) is -0.291. The second-order valence-corrected chi connectivity index (χ2v) is 6.95. The zero-order valence-electron chi connectivity index (χ0n) is 16.9. The Hall–Kier alpha value is -3.02. The molecule has 1 N–H and O–H groups in total. The molecule has 0 spiro atoms. The predicted octanol–water partition coefficient (Wildman–Crippen LogP) is 4.87. The van der Waals surface area contributed by atoms with Gasteiger partial charge in [0.2, 0.25) is 0 Å². The largest absolute Gasteiger partial charge is 0.453 e. The lowest BCUT2D eigenvalue weighted by Gasteiger charge is -2.18. The van der Waals surface area contributed by atoms with E-state index < -0.39 is 23.8 Å². The zero-order chi connectivity index (χ0) is 21.4. The standard InChI is InChI=1S/C23H26FNO4/c1-4-15(2)19-7-5-6-8-20(19)25-23(28)16(3)29-22(27)14-13-21(26)17-9-11-18(24)12-10-17/h5-12,15-16H,4,13-14H2,1-3H3,(H,25,28)/t15-,16+/m1/s1. The SMILES string of the molecule is CC[C@@H](C)c1ccccc1NC(=O)[C@H](C)OC(=O)CCC(=O)c1ccc(F)cc1. The number of nitrogens with one attached hydrogen (secondary N) is 1. The summed E-state index contributed by atoms with van der Waals surface area (Å²) >= 11 is 0. The maximum Gasteiger partial charge on any atom is 0.307 e. The molecule has 0 unspecified atom stereocenters. The third-order valence-electron chi connectivity index (χ3n) is 4.76. The molecule has 2 atom stereocenters. The topological polar surface area (TPSA) is 72.5 Å². The van der Waals surface area contributed by atoms with E-state index in [1.54, 1.807) is 0 Å². The van der Waals surface area contributed by atoms with Crippen molar-refractivity contribution in [1.82, 2.24) is 0 Å². The van der Waals surface area contributed by atoms with Crippen molar-refractivity contribution in [3.05, 3.63) is 65.5 Å². The summed E-state index contributed by atoms with van der Waals surface area (Å²) in [5, 5.41) is 2.81. The van der Waals surface area contributed by atoms with Crippen LogP contribution in [0.3, 0.4) is 0 Å². The molecular formula is C23H26FNO4. The van der Waals surface area contributed by atoms with Gasteiger partial charge in [0, 0.05) is 17.7 Å². The summed E-state index contributed by atoms with van der Waals surface area (Å²) in [7, 11) is 0. The van der Waals surface area contributed by atoms with Crippen LogP contribution in [0.25, 0.3) is 0 Å². The first kappa shape index (κ1) is 22.3. The molecule has 0 saturated heterocycles. The number of Topliss-reactive ketones (excluding diaryl/α,β-unsaturated/α-hetero) is 1. The molecular weight excluding hydrogens is 373 g/mol. The number of hydrogen-bond donors (Lipinski definition) is 1. The van der Waals surface area contributed by atoms with Crippen LogP contribution >= 0.6 is 0 Å². The zero-order valence-corrected chi connectivity index (χ0v) is 16.9. The molecule has 0 fully saturated rings. The number of benzene rings is 2. The molecule has 2 aromatic rings. The molecule has 2 rings (SSSR count). The van der Waals surface area contributed by atoms with Gasteiger partial charge in [0.25, 0.3) is 5.91 Å². The van der Waals surface area contributed by atoms with Crippen LogP contribution in [0, 0.1) is 5.82 Å². The first-order chi connectivity index (χ1) is 13.8. The fraction of sp³-hybridized carbons (Fsp3) is 0.348. The fourth-order valence-electron chi connectivity index (χ4n) is 2.80. The Balaban J connectivity index is 1.87. The van der Waals surface area contributed by atoms with Crippen LogP contribution < -0.4 is 5.32 Å². The molecule has 6 heteroatoms. The lowest BCUT2D eigenvalue weighted by Crippen LogP contribution is -2.30. The van der Waals surface area contributed by atoms with E-state index in [9.17, 15) is 18.8 Å². The van der Waals surface area contributed by atoms with Crippen LogP contribution in [0.4, 0.5) is 10.1 Å². The van der Waals surface area contributed by atoms with E-state index in [4.69, 9.17) is 4.74 Å². The minimum absolute atomic E-state index is 0.0738. The molecule has 0 radical (unpaired) electrons. The monoisotopic (exact) mass is 399 g/mol. The third-order valence-corrected chi connectivity index (χ3v) is 4.76. The summed E-state index contributed by atoms with van der Waals surface area (Å²) in [4.78, 5) is 36.5. The summed E-state index contributed by atoms with van der Waals surface area (Å²) < 4.78 is 18.1. The van der Waals surface area contributed by atoms with E-state index >= 15 is 0 Å². The van der Waals surface area contributed by atoms with Crippen molar-refractivity contribution in [3.8, 4) is 0 Å². The van der Waals surface area contributed by atoms with Crippen molar-refractivity contribution in [3.63, 3.8) is 0 Å². The average Bonchev–Trinajstić information content (AvgIpc) is 2.72. The Morgan fingerprint density at radius 1 is 1.00 bits per heavy atom.